The highest BCUT2D eigenvalue weighted by atomic mass is 19.1. The molecule has 1 aliphatic rings. The first-order chi connectivity index (χ1) is 8.58. The van der Waals surface area contributed by atoms with E-state index in [1.54, 1.807) is 0 Å². The molecule has 1 fully saturated rings. The largest absolute Gasteiger partial charge is 0.368 e. The van der Waals surface area contributed by atoms with E-state index in [0.29, 0.717) is 5.69 Å². The van der Waals surface area contributed by atoms with Crippen LogP contribution in [0.4, 0.5) is 14.5 Å². The minimum Gasteiger partial charge on any atom is -0.368 e. The summed E-state index contributed by atoms with van der Waals surface area (Å²) < 4.78 is 26.5. The predicted molar refractivity (Wildman–Crippen MR) is 69.9 cm³/mol. The van der Waals surface area contributed by atoms with Crippen molar-refractivity contribution in [2.24, 2.45) is 0 Å². The summed E-state index contributed by atoms with van der Waals surface area (Å²) in [6, 6.07) is 3.73. The van der Waals surface area contributed by atoms with Crippen molar-refractivity contribution < 1.29 is 8.78 Å². The second-order valence-electron chi connectivity index (χ2n) is 4.96. The first-order valence-corrected chi connectivity index (χ1v) is 6.54. The summed E-state index contributed by atoms with van der Waals surface area (Å²) in [5.74, 6) is -1.02. The number of hydrogen-bond donors (Lipinski definition) is 1. The molecule has 0 aliphatic carbocycles. The number of rotatable bonds is 3. The molecule has 0 radical (unpaired) electrons. The highest BCUT2D eigenvalue weighted by Gasteiger charge is 2.32. The third-order valence-corrected chi connectivity index (χ3v) is 3.94. The number of hydrogen-bond acceptors (Lipinski definition) is 2. The molecule has 0 atom stereocenters. The fraction of sp³-hybridized carbons (Fsp3) is 0.571. The average molecular weight is 254 g/mol. The second-order valence-corrected chi connectivity index (χ2v) is 4.96. The van der Waals surface area contributed by atoms with Crippen molar-refractivity contribution in [2.75, 3.05) is 24.5 Å². The molecular weight excluding hydrogens is 234 g/mol. The standard InChI is InChI=1S/C14H20F2N2/c1-3-14(4-2)10-18(6-5-17-14)13-8-11(15)7-12(16)9-13/h7-9,17H,3-6,10H2,1-2H3. The lowest BCUT2D eigenvalue weighted by Crippen LogP contribution is -2.60. The molecular formula is C14H20F2N2. The van der Waals surface area contributed by atoms with Crippen molar-refractivity contribution in [3.8, 4) is 0 Å². The van der Waals surface area contributed by atoms with Crippen molar-refractivity contribution in [3.63, 3.8) is 0 Å². The zero-order valence-electron chi connectivity index (χ0n) is 11.0. The lowest BCUT2D eigenvalue weighted by atomic mass is 9.90. The summed E-state index contributed by atoms with van der Waals surface area (Å²) in [7, 11) is 0. The van der Waals surface area contributed by atoms with E-state index in [1.165, 1.54) is 12.1 Å². The summed E-state index contributed by atoms with van der Waals surface area (Å²) in [5, 5.41) is 3.53. The van der Waals surface area contributed by atoms with Gasteiger partial charge in [0.05, 0.1) is 0 Å². The van der Waals surface area contributed by atoms with Gasteiger partial charge in [0.15, 0.2) is 0 Å². The Bertz CT molecular complexity index is 396. The molecule has 0 spiro atoms. The highest BCUT2D eigenvalue weighted by molar-refractivity contribution is 5.48. The van der Waals surface area contributed by atoms with E-state index < -0.39 is 11.6 Å². The van der Waals surface area contributed by atoms with Crippen LogP contribution in [-0.4, -0.2) is 25.2 Å². The lowest BCUT2D eigenvalue weighted by molar-refractivity contribution is 0.277. The van der Waals surface area contributed by atoms with Crippen molar-refractivity contribution >= 4 is 5.69 Å². The van der Waals surface area contributed by atoms with Crippen LogP contribution in [0, 0.1) is 11.6 Å². The van der Waals surface area contributed by atoms with Crippen molar-refractivity contribution in [2.45, 2.75) is 32.2 Å². The monoisotopic (exact) mass is 254 g/mol. The number of halogens is 2. The topological polar surface area (TPSA) is 15.3 Å². The third kappa shape index (κ3) is 2.64. The molecule has 0 amide bonds. The third-order valence-electron chi connectivity index (χ3n) is 3.94. The Morgan fingerprint density at radius 3 is 2.33 bits per heavy atom. The van der Waals surface area contributed by atoms with E-state index >= 15 is 0 Å². The minimum absolute atomic E-state index is 0.0566. The Hall–Kier alpha value is -1.16. The molecule has 4 heteroatoms. The first kappa shape index (κ1) is 13.3. The van der Waals surface area contributed by atoms with Crippen LogP contribution in [0.15, 0.2) is 18.2 Å². The summed E-state index contributed by atoms with van der Waals surface area (Å²) in [4.78, 5) is 2.07. The Kier molecular flexibility index (Phi) is 3.85. The van der Waals surface area contributed by atoms with Crippen molar-refractivity contribution in [3.05, 3.63) is 29.8 Å². The highest BCUT2D eigenvalue weighted by Crippen LogP contribution is 2.25. The molecule has 1 aliphatic heterocycles. The number of anilines is 1. The summed E-state index contributed by atoms with van der Waals surface area (Å²) in [5.41, 5.74) is 0.696. The molecule has 1 heterocycles. The van der Waals surface area contributed by atoms with Gasteiger partial charge in [0.1, 0.15) is 11.6 Å². The average Bonchev–Trinajstić information content (AvgIpc) is 2.37. The van der Waals surface area contributed by atoms with Gasteiger partial charge in [0, 0.05) is 36.9 Å². The summed E-state index contributed by atoms with van der Waals surface area (Å²) in [6.07, 6.45) is 2.02. The number of piperazine rings is 1. The Morgan fingerprint density at radius 2 is 1.78 bits per heavy atom. The van der Waals surface area contributed by atoms with Gasteiger partial charge in [-0.25, -0.2) is 8.78 Å². The maximum atomic E-state index is 13.3. The van der Waals surface area contributed by atoms with Gasteiger partial charge in [0.25, 0.3) is 0 Å². The smallest absolute Gasteiger partial charge is 0.128 e. The molecule has 0 unspecified atom stereocenters. The van der Waals surface area contributed by atoms with E-state index in [2.05, 4.69) is 24.1 Å². The maximum Gasteiger partial charge on any atom is 0.128 e. The fourth-order valence-corrected chi connectivity index (χ4v) is 2.62. The molecule has 1 aromatic rings. The second kappa shape index (κ2) is 5.22. The van der Waals surface area contributed by atoms with Crippen LogP contribution < -0.4 is 10.2 Å². The molecule has 2 rings (SSSR count). The molecule has 0 bridgehead atoms. The van der Waals surface area contributed by atoms with Gasteiger partial charge in [-0.05, 0) is 25.0 Å². The fourth-order valence-electron chi connectivity index (χ4n) is 2.62. The molecule has 100 valence electrons. The zero-order chi connectivity index (χ0) is 13.2. The summed E-state index contributed by atoms with van der Waals surface area (Å²) in [6.45, 7) is 6.71. The minimum atomic E-state index is -0.512. The van der Waals surface area contributed by atoms with E-state index in [1.807, 2.05) is 0 Å². The van der Waals surface area contributed by atoms with Gasteiger partial charge in [-0.3, -0.25) is 0 Å². The molecule has 1 saturated heterocycles. The number of nitrogens with zero attached hydrogens (tertiary/aromatic N) is 1. The maximum absolute atomic E-state index is 13.3. The van der Waals surface area contributed by atoms with Gasteiger partial charge in [-0.15, -0.1) is 0 Å². The molecule has 1 N–H and O–H groups in total. The Balaban J connectivity index is 2.22. The van der Waals surface area contributed by atoms with Gasteiger partial charge in [-0.2, -0.15) is 0 Å². The van der Waals surface area contributed by atoms with Crippen LogP contribution in [0.2, 0.25) is 0 Å². The molecule has 0 aromatic heterocycles. The van der Waals surface area contributed by atoms with Gasteiger partial charge in [0.2, 0.25) is 0 Å². The Labute approximate surface area is 107 Å². The van der Waals surface area contributed by atoms with E-state index in [-0.39, 0.29) is 5.54 Å². The van der Waals surface area contributed by atoms with Crippen LogP contribution in [-0.2, 0) is 0 Å². The number of benzene rings is 1. The lowest BCUT2D eigenvalue weighted by Gasteiger charge is -2.44. The first-order valence-electron chi connectivity index (χ1n) is 6.54. The van der Waals surface area contributed by atoms with E-state index in [9.17, 15) is 8.78 Å². The van der Waals surface area contributed by atoms with Crippen LogP contribution in [0.3, 0.4) is 0 Å². The Morgan fingerprint density at radius 1 is 1.17 bits per heavy atom. The quantitative estimate of drug-likeness (QED) is 0.892. The van der Waals surface area contributed by atoms with Gasteiger partial charge >= 0.3 is 0 Å². The summed E-state index contributed by atoms with van der Waals surface area (Å²) >= 11 is 0. The molecule has 18 heavy (non-hydrogen) atoms. The van der Waals surface area contributed by atoms with Crippen molar-refractivity contribution in [1.29, 1.82) is 0 Å². The number of nitrogens with one attached hydrogen (secondary N) is 1. The SMILES string of the molecule is CCC1(CC)CN(c2cc(F)cc(F)c2)CCN1. The van der Waals surface area contributed by atoms with Crippen LogP contribution >= 0.6 is 0 Å². The molecule has 1 aromatic carbocycles. The predicted octanol–water partition coefficient (Wildman–Crippen LogP) is 2.93. The van der Waals surface area contributed by atoms with E-state index in [0.717, 1.165) is 38.5 Å². The zero-order valence-corrected chi connectivity index (χ0v) is 11.0. The van der Waals surface area contributed by atoms with E-state index in [4.69, 9.17) is 0 Å². The normalized spacial score (nSPS) is 19.0. The van der Waals surface area contributed by atoms with Gasteiger partial charge in [-0.1, -0.05) is 13.8 Å². The van der Waals surface area contributed by atoms with Crippen molar-refractivity contribution in [1.82, 2.24) is 5.32 Å². The van der Waals surface area contributed by atoms with Gasteiger partial charge < -0.3 is 10.2 Å². The van der Waals surface area contributed by atoms with Crippen LogP contribution in [0.5, 0.6) is 0 Å². The van der Waals surface area contributed by atoms with Crippen LogP contribution in [0.1, 0.15) is 26.7 Å². The molecule has 2 nitrogen and oxygen atoms in total. The molecule has 0 saturated carbocycles. The van der Waals surface area contributed by atoms with Crippen LogP contribution in [0.25, 0.3) is 0 Å².